The van der Waals surface area contributed by atoms with E-state index in [1.807, 2.05) is 6.08 Å². The lowest BCUT2D eigenvalue weighted by atomic mass is 10.0. The second-order valence-corrected chi connectivity index (χ2v) is 4.45. The molecule has 1 atom stereocenters. The third-order valence-electron chi connectivity index (χ3n) is 2.17. The van der Waals surface area contributed by atoms with E-state index in [2.05, 4.69) is 47.6 Å². The van der Waals surface area contributed by atoms with Gasteiger partial charge < -0.3 is 5.73 Å². The van der Waals surface area contributed by atoms with Gasteiger partial charge in [0.25, 0.3) is 0 Å². The number of hydrogen-bond donors (Lipinski definition) is 1. The second kappa shape index (κ2) is 5.32. The average Bonchev–Trinajstić information content (AvgIpc) is 2.12. The number of hydrogen-bond acceptors (Lipinski definition) is 1. The Morgan fingerprint density at radius 3 is 2.79 bits per heavy atom. The number of aryl methyl sites for hydroxylation is 1. The van der Waals surface area contributed by atoms with Crippen molar-refractivity contribution in [1.82, 2.24) is 0 Å². The zero-order valence-corrected chi connectivity index (χ0v) is 10.0. The molecule has 2 heteroatoms. The highest BCUT2D eigenvalue weighted by Gasteiger charge is 2.05. The average molecular weight is 254 g/mol. The molecule has 1 aromatic carbocycles. The van der Waals surface area contributed by atoms with Gasteiger partial charge >= 0.3 is 0 Å². The lowest BCUT2D eigenvalue weighted by Gasteiger charge is -2.12. The summed E-state index contributed by atoms with van der Waals surface area (Å²) in [6, 6.07) is 6.42. The van der Waals surface area contributed by atoms with Gasteiger partial charge in [0.2, 0.25) is 0 Å². The summed E-state index contributed by atoms with van der Waals surface area (Å²) >= 11 is 3.47. The van der Waals surface area contributed by atoms with Gasteiger partial charge in [-0.2, -0.15) is 0 Å². The number of nitrogens with two attached hydrogens (primary N) is 1. The van der Waals surface area contributed by atoms with E-state index in [1.165, 1.54) is 11.1 Å². The van der Waals surface area contributed by atoms with Crippen LogP contribution in [0, 0.1) is 6.92 Å². The predicted octanol–water partition coefficient (Wildman–Crippen LogP) is 3.72. The first-order chi connectivity index (χ1) is 6.63. The number of halogens is 1. The van der Waals surface area contributed by atoms with Gasteiger partial charge in [0.15, 0.2) is 0 Å². The van der Waals surface area contributed by atoms with Gasteiger partial charge in [0.1, 0.15) is 0 Å². The summed E-state index contributed by atoms with van der Waals surface area (Å²) in [5.41, 5.74) is 8.48. The van der Waals surface area contributed by atoms with E-state index >= 15 is 0 Å². The molecule has 0 aromatic heterocycles. The van der Waals surface area contributed by atoms with Crippen molar-refractivity contribution < 1.29 is 0 Å². The lowest BCUT2D eigenvalue weighted by Crippen LogP contribution is -2.09. The Balaban J connectivity index is 2.78. The fourth-order valence-electron chi connectivity index (χ4n) is 1.44. The summed E-state index contributed by atoms with van der Waals surface area (Å²) in [4.78, 5) is 0. The van der Waals surface area contributed by atoms with Gasteiger partial charge in [-0.05, 0) is 43.0 Å². The summed E-state index contributed by atoms with van der Waals surface area (Å²) in [6.07, 6.45) is 3.83. The van der Waals surface area contributed by atoms with E-state index in [-0.39, 0.29) is 6.04 Å². The molecular weight excluding hydrogens is 238 g/mol. The van der Waals surface area contributed by atoms with Crippen LogP contribution in [0.4, 0.5) is 0 Å². The summed E-state index contributed by atoms with van der Waals surface area (Å²) in [7, 11) is 0. The quantitative estimate of drug-likeness (QED) is 0.814. The van der Waals surface area contributed by atoms with Crippen molar-refractivity contribution in [2.45, 2.75) is 25.8 Å². The molecule has 0 aliphatic heterocycles. The van der Waals surface area contributed by atoms with Gasteiger partial charge in [0, 0.05) is 10.5 Å². The van der Waals surface area contributed by atoms with Gasteiger partial charge in [-0.3, -0.25) is 0 Å². The van der Waals surface area contributed by atoms with Gasteiger partial charge in [0.05, 0.1) is 0 Å². The first-order valence-electron chi connectivity index (χ1n) is 4.77. The van der Waals surface area contributed by atoms with Crippen molar-refractivity contribution in [3.05, 3.63) is 46.5 Å². The van der Waals surface area contributed by atoms with Crippen molar-refractivity contribution in [1.29, 1.82) is 0 Å². The molecule has 0 aliphatic rings. The van der Waals surface area contributed by atoms with Crippen LogP contribution in [0.5, 0.6) is 0 Å². The molecule has 1 rings (SSSR count). The molecule has 0 radical (unpaired) electrons. The van der Waals surface area contributed by atoms with Crippen LogP contribution in [0.1, 0.15) is 30.0 Å². The minimum Gasteiger partial charge on any atom is -0.324 e. The van der Waals surface area contributed by atoms with Crippen molar-refractivity contribution in [3.8, 4) is 0 Å². The zero-order chi connectivity index (χ0) is 10.6. The van der Waals surface area contributed by atoms with E-state index < -0.39 is 0 Å². The summed E-state index contributed by atoms with van der Waals surface area (Å²) in [5, 5.41) is 0. The molecule has 1 unspecified atom stereocenters. The van der Waals surface area contributed by atoms with Crippen LogP contribution in [-0.4, -0.2) is 0 Å². The highest BCUT2D eigenvalue weighted by Crippen LogP contribution is 2.22. The standard InChI is InChI=1S/C12H16BrN/c1-3-4-5-12(14)10-6-9(2)7-11(13)8-10/h3,6-8,12H,1,4-5,14H2,2H3. The van der Waals surface area contributed by atoms with Crippen molar-refractivity contribution >= 4 is 15.9 Å². The van der Waals surface area contributed by atoms with Crippen molar-refractivity contribution in [3.63, 3.8) is 0 Å². The maximum absolute atomic E-state index is 6.05. The second-order valence-electron chi connectivity index (χ2n) is 3.53. The smallest absolute Gasteiger partial charge is 0.0298 e. The number of benzene rings is 1. The first-order valence-corrected chi connectivity index (χ1v) is 5.56. The minimum atomic E-state index is 0.115. The summed E-state index contributed by atoms with van der Waals surface area (Å²) in [5.74, 6) is 0. The predicted molar refractivity (Wildman–Crippen MR) is 65.2 cm³/mol. The van der Waals surface area contributed by atoms with Crippen LogP contribution in [0.3, 0.4) is 0 Å². The van der Waals surface area contributed by atoms with Crippen LogP contribution < -0.4 is 5.73 Å². The molecule has 2 N–H and O–H groups in total. The van der Waals surface area contributed by atoms with Crippen LogP contribution in [-0.2, 0) is 0 Å². The van der Waals surface area contributed by atoms with E-state index in [0.717, 1.165) is 17.3 Å². The third kappa shape index (κ3) is 3.28. The van der Waals surface area contributed by atoms with Gasteiger partial charge in [-0.25, -0.2) is 0 Å². The normalized spacial score (nSPS) is 12.5. The van der Waals surface area contributed by atoms with E-state index in [4.69, 9.17) is 5.73 Å². The molecule has 0 spiro atoms. The molecular formula is C12H16BrN. The highest BCUT2D eigenvalue weighted by atomic mass is 79.9. The molecule has 1 aromatic rings. The molecule has 76 valence electrons. The fraction of sp³-hybridized carbons (Fsp3) is 0.333. The Kier molecular flexibility index (Phi) is 4.36. The Hall–Kier alpha value is -0.600. The van der Waals surface area contributed by atoms with E-state index in [0.29, 0.717) is 0 Å². The maximum Gasteiger partial charge on any atom is 0.0298 e. The Morgan fingerprint density at radius 2 is 2.21 bits per heavy atom. The van der Waals surface area contributed by atoms with Crippen LogP contribution >= 0.6 is 15.9 Å². The Morgan fingerprint density at radius 1 is 1.50 bits per heavy atom. The summed E-state index contributed by atoms with van der Waals surface area (Å²) < 4.78 is 1.10. The highest BCUT2D eigenvalue weighted by molar-refractivity contribution is 9.10. The first kappa shape index (κ1) is 11.5. The molecule has 0 heterocycles. The molecule has 0 bridgehead atoms. The SMILES string of the molecule is C=CCCC(N)c1cc(C)cc(Br)c1. The van der Waals surface area contributed by atoms with Crippen molar-refractivity contribution in [2.24, 2.45) is 5.73 Å². The van der Waals surface area contributed by atoms with E-state index in [1.54, 1.807) is 0 Å². The van der Waals surface area contributed by atoms with Crippen LogP contribution in [0.25, 0.3) is 0 Å². The largest absolute Gasteiger partial charge is 0.324 e. The monoisotopic (exact) mass is 253 g/mol. The zero-order valence-electron chi connectivity index (χ0n) is 8.46. The summed E-state index contributed by atoms with van der Waals surface area (Å²) in [6.45, 7) is 5.77. The molecule has 0 aliphatic carbocycles. The molecule has 14 heavy (non-hydrogen) atoms. The topological polar surface area (TPSA) is 26.0 Å². The molecule has 0 saturated carbocycles. The van der Waals surface area contributed by atoms with Gasteiger partial charge in [-0.1, -0.05) is 28.1 Å². The molecule has 0 saturated heterocycles. The van der Waals surface area contributed by atoms with Crippen LogP contribution in [0.15, 0.2) is 35.3 Å². The molecule has 0 amide bonds. The van der Waals surface area contributed by atoms with E-state index in [9.17, 15) is 0 Å². The Labute approximate surface area is 94.1 Å². The molecule has 0 fully saturated rings. The minimum absolute atomic E-state index is 0.115. The maximum atomic E-state index is 6.05. The lowest BCUT2D eigenvalue weighted by molar-refractivity contribution is 0.660. The Bertz CT molecular complexity index is 300. The van der Waals surface area contributed by atoms with Crippen LogP contribution in [0.2, 0.25) is 0 Å². The fourth-order valence-corrected chi connectivity index (χ4v) is 2.07. The number of rotatable bonds is 4. The molecule has 1 nitrogen and oxygen atoms in total. The third-order valence-corrected chi connectivity index (χ3v) is 2.63. The van der Waals surface area contributed by atoms with Crippen molar-refractivity contribution in [2.75, 3.05) is 0 Å². The number of allylic oxidation sites excluding steroid dienone is 1. The van der Waals surface area contributed by atoms with Gasteiger partial charge in [-0.15, -0.1) is 6.58 Å².